The topological polar surface area (TPSA) is 94.3 Å². The minimum Gasteiger partial charge on any atom is -0.447 e. The first kappa shape index (κ1) is 16.1. The van der Waals surface area contributed by atoms with E-state index in [1.807, 2.05) is 0 Å². The minimum atomic E-state index is -3.21. The van der Waals surface area contributed by atoms with Crippen molar-refractivity contribution in [3.63, 3.8) is 0 Å². The van der Waals surface area contributed by atoms with Crippen molar-refractivity contribution in [2.24, 2.45) is 5.50 Å². The zero-order valence-corrected chi connectivity index (χ0v) is 13.1. The first-order chi connectivity index (χ1) is 8.51. The molecule has 1 saturated heterocycles. The molecule has 0 aromatic heterocycles. The van der Waals surface area contributed by atoms with Crippen LogP contribution in [0.15, 0.2) is 0 Å². The standard InChI is InChI=1S/C8H17IN3O5P/c1-15-6-7-16-8(13)11-2-4-12(5-3-11)18(10,14)17-9/h2-7H2,1H3,(H2,10,14). The van der Waals surface area contributed by atoms with Crippen molar-refractivity contribution in [1.82, 2.24) is 9.57 Å². The Labute approximate surface area is 120 Å². The highest BCUT2D eigenvalue weighted by Gasteiger charge is 2.32. The molecule has 0 spiro atoms. The smallest absolute Gasteiger partial charge is 0.409 e. The fraction of sp³-hybridized carbons (Fsp3) is 0.875. The number of halogens is 1. The van der Waals surface area contributed by atoms with Crippen LogP contribution in [0.25, 0.3) is 0 Å². The van der Waals surface area contributed by atoms with Gasteiger partial charge in [-0.1, -0.05) is 0 Å². The second-order valence-electron chi connectivity index (χ2n) is 3.68. The van der Waals surface area contributed by atoms with E-state index in [4.69, 9.17) is 17.8 Å². The van der Waals surface area contributed by atoms with Crippen molar-refractivity contribution in [2.45, 2.75) is 0 Å². The van der Waals surface area contributed by atoms with Crippen LogP contribution in [-0.4, -0.2) is 62.2 Å². The number of amides is 1. The largest absolute Gasteiger partial charge is 0.447 e. The van der Waals surface area contributed by atoms with Gasteiger partial charge in [0.2, 0.25) is 0 Å². The third kappa shape index (κ3) is 4.63. The van der Waals surface area contributed by atoms with Crippen LogP contribution in [0.5, 0.6) is 0 Å². The summed E-state index contributed by atoms with van der Waals surface area (Å²) in [5, 5.41) is 0. The Morgan fingerprint density at radius 1 is 1.33 bits per heavy atom. The average molecular weight is 393 g/mol. The summed E-state index contributed by atoms with van der Waals surface area (Å²) in [5.41, 5.74) is 5.51. The second-order valence-corrected chi connectivity index (χ2v) is 6.69. The summed E-state index contributed by atoms with van der Waals surface area (Å²) in [6.07, 6.45) is -0.394. The third-order valence-corrected chi connectivity index (χ3v) is 5.60. The van der Waals surface area contributed by atoms with Crippen molar-refractivity contribution in [3.8, 4) is 0 Å². The third-order valence-electron chi connectivity index (χ3n) is 2.52. The van der Waals surface area contributed by atoms with E-state index in [-0.39, 0.29) is 6.61 Å². The van der Waals surface area contributed by atoms with Crippen LogP contribution in [0.2, 0.25) is 0 Å². The number of nitrogens with two attached hydrogens (primary N) is 1. The highest BCUT2D eigenvalue weighted by atomic mass is 127. The van der Waals surface area contributed by atoms with Crippen LogP contribution < -0.4 is 5.50 Å². The Hall–Kier alpha value is 0.0700. The Morgan fingerprint density at radius 2 is 1.94 bits per heavy atom. The Balaban J connectivity index is 2.35. The van der Waals surface area contributed by atoms with Crippen molar-refractivity contribution in [3.05, 3.63) is 0 Å². The maximum absolute atomic E-state index is 11.7. The molecule has 1 atom stereocenters. The first-order valence-corrected chi connectivity index (χ1v) is 7.89. The van der Waals surface area contributed by atoms with Crippen molar-refractivity contribution >= 4 is 36.8 Å². The lowest BCUT2D eigenvalue weighted by molar-refractivity contribution is 0.0633. The van der Waals surface area contributed by atoms with E-state index in [0.717, 1.165) is 0 Å². The average Bonchev–Trinajstić information content (AvgIpc) is 2.39. The van der Waals surface area contributed by atoms with E-state index in [9.17, 15) is 9.36 Å². The quantitative estimate of drug-likeness (QED) is 0.420. The highest BCUT2D eigenvalue weighted by molar-refractivity contribution is 14.1. The molecule has 0 radical (unpaired) electrons. The van der Waals surface area contributed by atoms with Gasteiger partial charge in [-0.05, 0) is 0 Å². The molecule has 106 valence electrons. The molecule has 1 heterocycles. The summed E-state index contributed by atoms with van der Waals surface area (Å²) < 4.78 is 27.8. The number of ether oxygens (including phenoxy) is 2. The zero-order chi connectivity index (χ0) is 13.6. The monoisotopic (exact) mass is 393 g/mol. The molecule has 1 fully saturated rings. The number of nitrogens with zero attached hydrogens (tertiary/aromatic N) is 2. The predicted molar refractivity (Wildman–Crippen MR) is 73.3 cm³/mol. The van der Waals surface area contributed by atoms with E-state index in [1.54, 1.807) is 9.57 Å². The molecule has 2 N–H and O–H groups in total. The predicted octanol–water partition coefficient (Wildman–Crippen LogP) is 0.820. The van der Waals surface area contributed by atoms with Gasteiger partial charge >= 0.3 is 13.8 Å². The number of hydrogen-bond donors (Lipinski definition) is 1. The summed E-state index contributed by atoms with van der Waals surface area (Å²) in [4.78, 5) is 13.1. The van der Waals surface area contributed by atoms with E-state index >= 15 is 0 Å². The molecule has 0 aliphatic carbocycles. The van der Waals surface area contributed by atoms with Gasteiger partial charge in [0.15, 0.2) is 0 Å². The molecule has 10 heteroatoms. The molecule has 0 saturated carbocycles. The van der Waals surface area contributed by atoms with Gasteiger partial charge in [-0.2, -0.15) is 0 Å². The Kier molecular flexibility index (Phi) is 6.82. The number of piperazine rings is 1. The van der Waals surface area contributed by atoms with Crippen LogP contribution in [-0.2, 0) is 16.9 Å². The molecule has 0 aromatic rings. The van der Waals surface area contributed by atoms with Crippen LogP contribution in [0.1, 0.15) is 0 Å². The summed E-state index contributed by atoms with van der Waals surface area (Å²) in [7, 11) is -1.67. The van der Waals surface area contributed by atoms with Gasteiger partial charge in [0.05, 0.1) is 6.61 Å². The Morgan fingerprint density at radius 3 is 2.44 bits per heavy atom. The summed E-state index contributed by atoms with van der Waals surface area (Å²) in [6.45, 7) is 2.21. The maximum Gasteiger partial charge on any atom is 0.409 e. The van der Waals surface area contributed by atoms with E-state index in [2.05, 4.69) is 0 Å². The van der Waals surface area contributed by atoms with Gasteiger partial charge in [0.25, 0.3) is 0 Å². The molecular weight excluding hydrogens is 376 g/mol. The lowest BCUT2D eigenvalue weighted by Gasteiger charge is -2.35. The number of methoxy groups -OCH3 is 1. The summed E-state index contributed by atoms with van der Waals surface area (Å²) >= 11 is 1.52. The molecule has 1 rings (SSSR count). The van der Waals surface area contributed by atoms with E-state index < -0.39 is 13.8 Å². The summed E-state index contributed by atoms with van der Waals surface area (Å²) in [6, 6.07) is 0. The molecule has 1 aliphatic rings. The van der Waals surface area contributed by atoms with Gasteiger partial charge in [0.1, 0.15) is 29.6 Å². The molecule has 18 heavy (non-hydrogen) atoms. The van der Waals surface area contributed by atoms with Crippen LogP contribution in [0.3, 0.4) is 0 Å². The lowest BCUT2D eigenvalue weighted by atomic mass is 10.4. The number of rotatable bonds is 5. The molecule has 1 amide bonds. The van der Waals surface area contributed by atoms with Gasteiger partial charge in [0, 0.05) is 33.3 Å². The number of carbonyl (C=O) groups excluding carboxylic acids is 1. The van der Waals surface area contributed by atoms with Crippen LogP contribution >= 0.6 is 30.7 Å². The normalized spacial score (nSPS) is 20.5. The number of hydrogen-bond acceptors (Lipinski definition) is 5. The highest BCUT2D eigenvalue weighted by Crippen LogP contribution is 2.44. The van der Waals surface area contributed by atoms with Gasteiger partial charge in [-0.3, -0.25) is 4.57 Å². The van der Waals surface area contributed by atoms with Gasteiger partial charge < -0.3 is 14.4 Å². The van der Waals surface area contributed by atoms with Crippen molar-refractivity contribution in [2.75, 3.05) is 46.5 Å². The minimum absolute atomic E-state index is 0.224. The Bertz CT molecular complexity index is 324. The zero-order valence-electron chi connectivity index (χ0n) is 10.1. The van der Waals surface area contributed by atoms with Crippen LogP contribution in [0.4, 0.5) is 4.79 Å². The summed E-state index contributed by atoms with van der Waals surface area (Å²) in [5.74, 6) is 0. The molecule has 1 aliphatic heterocycles. The molecule has 8 nitrogen and oxygen atoms in total. The second kappa shape index (κ2) is 7.61. The fourth-order valence-electron chi connectivity index (χ4n) is 1.50. The van der Waals surface area contributed by atoms with E-state index in [0.29, 0.717) is 32.8 Å². The van der Waals surface area contributed by atoms with Crippen LogP contribution in [0, 0.1) is 0 Å². The number of carbonyl (C=O) groups is 1. The lowest BCUT2D eigenvalue weighted by Crippen LogP contribution is -2.48. The van der Waals surface area contributed by atoms with Crippen molar-refractivity contribution in [1.29, 1.82) is 0 Å². The van der Waals surface area contributed by atoms with Gasteiger partial charge in [-0.15, -0.1) is 0 Å². The first-order valence-electron chi connectivity index (χ1n) is 5.36. The SMILES string of the molecule is COCCOC(=O)N1CCN(P(N)(=O)OI)CC1. The van der Waals surface area contributed by atoms with Gasteiger partial charge in [-0.25, -0.2) is 17.8 Å². The fourth-order valence-corrected chi connectivity index (χ4v) is 3.08. The molecule has 0 bridgehead atoms. The molecule has 1 unspecified atom stereocenters. The molecule has 0 aromatic carbocycles. The maximum atomic E-state index is 11.7. The molecular formula is C8H17IN3O5P. The van der Waals surface area contributed by atoms with E-state index in [1.165, 1.54) is 30.1 Å². The van der Waals surface area contributed by atoms with Crippen molar-refractivity contribution < 1.29 is 21.7 Å².